The SMILES string of the molecule is CNCc1ccc(Cl)cc1Sc1ccc(F)cc1F. The molecule has 0 heterocycles. The highest BCUT2D eigenvalue weighted by Crippen LogP contribution is 2.34. The second kappa shape index (κ2) is 6.37. The molecule has 0 saturated carbocycles. The molecule has 0 aliphatic carbocycles. The van der Waals surface area contributed by atoms with Crippen molar-refractivity contribution in [2.75, 3.05) is 7.05 Å². The van der Waals surface area contributed by atoms with Crippen molar-refractivity contribution in [2.45, 2.75) is 16.3 Å². The van der Waals surface area contributed by atoms with Crippen LogP contribution in [0.4, 0.5) is 8.78 Å². The van der Waals surface area contributed by atoms with E-state index in [0.29, 0.717) is 16.5 Å². The normalized spacial score (nSPS) is 10.7. The summed E-state index contributed by atoms with van der Waals surface area (Å²) in [5.74, 6) is -1.15. The van der Waals surface area contributed by atoms with Crippen molar-refractivity contribution < 1.29 is 8.78 Å². The molecule has 0 fully saturated rings. The summed E-state index contributed by atoms with van der Waals surface area (Å²) in [4.78, 5) is 1.23. The van der Waals surface area contributed by atoms with Crippen molar-refractivity contribution in [3.8, 4) is 0 Å². The molecule has 0 aromatic heterocycles. The summed E-state index contributed by atoms with van der Waals surface area (Å²) < 4.78 is 26.5. The van der Waals surface area contributed by atoms with Crippen LogP contribution in [0.5, 0.6) is 0 Å². The minimum absolute atomic E-state index is 0.376. The van der Waals surface area contributed by atoms with Crippen LogP contribution in [0.3, 0.4) is 0 Å². The Kier molecular flexibility index (Phi) is 4.80. The molecule has 0 radical (unpaired) electrons. The minimum atomic E-state index is -0.580. The van der Waals surface area contributed by atoms with E-state index in [0.717, 1.165) is 16.5 Å². The Morgan fingerprint density at radius 2 is 1.89 bits per heavy atom. The molecule has 0 aliphatic heterocycles. The fourth-order valence-electron chi connectivity index (χ4n) is 1.64. The van der Waals surface area contributed by atoms with Gasteiger partial charge in [0.1, 0.15) is 11.6 Å². The lowest BCUT2D eigenvalue weighted by atomic mass is 10.2. The van der Waals surface area contributed by atoms with Gasteiger partial charge < -0.3 is 5.32 Å². The molecule has 0 aliphatic rings. The zero-order valence-electron chi connectivity index (χ0n) is 10.2. The Bertz CT molecular complexity index is 590. The Hall–Kier alpha value is -1.10. The lowest BCUT2D eigenvalue weighted by Gasteiger charge is -2.10. The van der Waals surface area contributed by atoms with Crippen molar-refractivity contribution in [3.63, 3.8) is 0 Å². The molecule has 2 aromatic rings. The van der Waals surface area contributed by atoms with Gasteiger partial charge in [0.25, 0.3) is 0 Å². The number of halogens is 3. The number of hydrogen-bond donors (Lipinski definition) is 1. The highest BCUT2D eigenvalue weighted by Gasteiger charge is 2.09. The molecule has 0 amide bonds. The number of benzene rings is 2. The third-order valence-corrected chi connectivity index (χ3v) is 3.90. The summed E-state index contributed by atoms with van der Waals surface area (Å²) in [6.07, 6.45) is 0. The summed E-state index contributed by atoms with van der Waals surface area (Å²) in [5, 5.41) is 3.63. The van der Waals surface area contributed by atoms with Gasteiger partial charge in [-0.25, -0.2) is 8.78 Å². The first-order valence-electron chi connectivity index (χ1n) is 5.66. The second-order valence-electron chi connectivity index (χ2n) is 3.96. The van der Waals surface area contributed by atoms with Gasteiger partial charge in [-0.1, -0.05) is 29.4 Å². The number of nitrogens with one attached hydrogen (secondary N) is 1. The Morgan fingerprint density at radius 3 is 2.58 bits per heavy atom. The van der Waals surface area contributed by atoms with E-state index in [4.69, 9.17) is 11.6 Å². The summed E-state index contributed by atoms with van der Waals surface area (Å²) in [6.45, 7) is 0.655. The highest BCUT2D eigenvalue weighted by molar-refractivity contribution is 7.99. The van der Waals surface area contributed by atoms with Crippen molar-refractivity contribution >= 4 is 23.4 Å². The van der Waals surface area contributed by atoms with Crippen LogP contribution in [0.25, 0.3) is 0 Å². The molecule has 0 unspecified atom stereocenters. The molecule has 0 spiro atoms. The van der Waals surface area contributed by atoms with Crippen molar-refractivity contribution in [3.05, 3.63) is 58.6 Å². The summed E-state index contributed by atoms with van der Waals surface area (Å²) in [5.41, 5.74) is 1.01. The van der Waals surface area contributed by atoms with Gasteiger partial charge in [-0.3, -0.25) is 0 Å². The van der Waals surface area contributed by atoms with Gasteiger partial charge in [0, 0.05) is 27.4 Å². The largest absolute Gasteiger partial charge is 0.316 e. The predicted molar refractivity (Wildman–Crippen MR) is 74.7 cm³/mol. The van der Waals surface area contributed by atoms with Gasteiger partial charge >= 0.3 is 0 Å². The smallest absolute Gasteiger partial charge is 0.140 e. The summed E-state index contributed by atoms with van der Waals surface area (Å²) >= 11 is 7.20. The predicted octanol–water partition coefficient (Wildman–Crippen LogP) is 4.49. The maximum absolute atomic E-state index is 13.6. The first kappa shape index (κ1) is 14.3. The van der Waals surface area contributed by atoms with E-state index in [-0.39, 0.29) is 0 Å². The quantitative estimate of drug-likeness (QED) is 0.893. The van der Waals surface area contributed by atoms with Crippen LogP contribution in [-0.4, -0.2) is 7.05 Å². The molecule has 1 N–H and O–H groups in total. The van der Waals surface area contributed by atoms with Crippen molar-refractivity contribution in [2.24, 2.45) is 0 Å². The van der Waals surface area contributed by atoms with Crippen molar-refractivity contribution in [1.82, 2.24) is 5.32 Å². The van der Waals surface area contributed by atoms with Crippen LogP contribution in [-0.2, 0) is 6.54 Å². The van der Waals surface area contributed by atoms with Crippen LogP contribution in [0, 0.1) is 11.6 Å². The first-order valence-corrected chi connectivity index (χ1v) is 6.85. The van der Waals surface area contributed by atoms with Gasteiger partial charge in [-0.2, -0.15) is 0 Å². The van der Waals surface area contributed by atoms with E-state index in [1.807, 2.05) is 13.1 Å². The average Bonchev–Trinajstić information content (AvgIpc) is 2.36. The van der Waals surface area contributed by atoms with Gasteiger partial charge in [0.15, 0.2) is 0 Å². The second-order valence-corrected chi connectivity index (χ2v) is 5.48. The van der Waals surface area contributed by atoms with Crippen LogP contribution < -0.4 is 5.32 Å². The lowest BCUT2D eigenvalue weighted by molar-refractivity contribution is 0.565. The molecule has 0 saturated heterocycles. The first-order chi connectivity index (χ1) is 9.10. The molecule has 0 bridgehead atoms. The molecular formula is C14H12ClF2NS. The monoisotopic (exact) mass is 299 g/mol. The van der Waals surface area contributed by atoms with Crippen LogP contribution >= 0.6 is 23.4 Å². The van der Waals surface area contributed by atoms with Gasteiger partial charge in [-0.05, 0) is 36.9 Å². The molecular weight excluding hydrogens is 288 g/mol. The summed E-state index contributed by atoms with van der Waals surface area (Å²) in [6, 6.07) is 9.02. The Morgan fingerprint density at radius 1 is 1.11 bits per heavy atom. The Balaban J connectivity index is 2.33. The number of hydrogen-bond acceptors (Lipinski definition) is 2. The topological polar surface area (TPSA) is 12.0 Å². The van der Waals surface area contributed by atoms with E-state index in [1.165, 1.54) is 23.9 Å². The highest BCUT2D eigenvalue weighted by atomic mass is 35.5. The summed E-state index contributed by atoms with van der Waals surface area (Å²) in [7, 11) is 1.83. The van der Waals surface area contributed by atoms with Crippen molar-refractivity contribution in [1.29, 1.82) is 0 Å². The van der Waals surface area contributed by atoms with E-state index in [2.05, 4.69) is 5.32 Å². The maximum atomic E-state index is 13.6. The molecule has 2 rings (SSSR count). The van der Waals surface area contributed by atoms with Crippen LogP contribution in [0.1, 0.15) is 5.56 Å². The van der Waals surface area contributed by atoms with E-state index in [1.54, 1.807) is 12.1 Å². The van der Waals surface area contributed by atoms with E-state index < -0.39 is 11.6 Å². The van der Waals surface area contributed by atoms with Gasteiger partial charge in [0.2, 0.25) is 0 Å². The molecule has 2 aromatic carbocycles. The average molecular weight is 300 g/mol. The third kappa shape index (κ3) is 3.69. The number of rotatable bonds is 4. The molecule has 5 heteroatoms. The van der Waals surface area contributed by atoms with Gasteiger partial charge in [0.05, 0.1) is 0 Å². The minimum Gasteiger partial charge on any atom is -0.316 e. The zero-order chi connectivity index (χ0) is 13.8. The molecule has 1 nitrogen and oxygen atoms in total. The molecule has 100 valence electrons. The van der Waals surface area contributed by atoms with Gasteiger partial charge in [-0.15, -0.1) is 0 Å². The fourth-order valence-corrected chi connectivity index (χ4v) is 2.86. The molecule has 19 heavy (non-hydrogen) atoms. The maximum Gasteiger partial charge on any atom is 0.140 e. The van der Waals surface area contributed by atoms with Crippen LogP contribution in [0.2, 0.25) is 5.02 Å². The standard InChI is InChI=1S/C14H12ClF2NS/c1-18-8-9-2-3-10(15)6-14(9)19-13-5-4-11(16)7-12(13)17/h2-7,18H,8H2,1H3. The van der Waals surface area contributed by atoms with E-state index >= 15 is 0 Å². The Labute approximate surface area is 120 Å². The fraction of sp³-hybridized carbons (Fsp3) is 0.143. The zero-order valence-corrected chi connectivity index (χ0v) is 11.8. The molecule has 0 atom stereocenters. The van der Waals surface area contributed by atoms with E-state index in [9.17, 15) is 8.78 Å². The third-order valence-electron chi connectivity index (χ3n) is 2.51. The van der Waals surface area contributed by atoms with Crippen LogP contribution in [0.15, 0.2) is 46.2 Å². The lowest BCUT2D eigenvalue weighted by Crippen LogP contribution is -2.06.